The topological polar surface area (TPSA) is 57.7 Å². The Morgan fingerprint density at radius 1 is 0.774 bits per heavy atom. The zero-order valence-corrected chi connectivity index (χ0v) is 21.0. The second kappa shape index (κ2) is 11.1. The average Bonchev–Trinajstić information content (AvgIpc) is 2.90. The van der Waals surface area contributed by atoms with Crippen LogP contribution in [-0.2, 0) is 14.4 Å². The first-order valence-electron chi connectivity index (χ1n) is 12.7. The number of Topliss-reactive ketones (excluding diaryl/α,β-unsaturated/α-hetero) is 1. The lowest BCUT2D eigenvalue weighted by molar-refractivity contribution is -0.149. The van der Waals surface area contributed by atoms with Crippen LogP contribution < -0.4 is 0 Å². The van der Waals surface area contributed by atoms with Crippen molar-refractivity contribution in [2.75, 3.05) is 7.05 Å². The van der Waals surface area contributed by atoms with Crippen molar-refractivity contribution in [3.8, 4) is 0 Å². The quantitative estimate of drug-likeness (QED) is 0.176. The van der Waals surface area contributed by atoms with Gasteiger partial charge in [0.1, 0.15) is 5.92 Å². The monoisotopic (exact) mass is 434 g/mol. The number of hydrogen-bond acceptors (Lipinski definition) is 4. The molecule has 2 fully saturated rings. The lowest BCUT2D eigenvalue weighted by Gasteiger charge is -2.54. The number of nitrogens with zero attached hydrogens (tertiary/aromatic N) is 2. The van der Waals surface area contributed by atoms with E-state index < -0.39 is 17.6 Å². The molecule has 0 saturated carbocycles. The maximum atomic E-state index is 13.1. The van der Waals surface area contributed by atoms with Gasteiger partial charge < -0.3 is 0 Å². The molecule has 31 heavy (non-hydrogen) atoms. The van der Waals surface area contributed by atoms with Gasteiger partial charge in [0.25, 0.3) is 5.91 Å². The van der Waals surface area contributed by atoms with E-state index in [1.165, 1.54) is 49.8 Å². The highest BCUT2D eigenvalue weighted by Crippen LogP contribution is 2.40. The van der Waals surface area contributed by atoms with Crippen LogP contribution in [0.25, 0.3) is 0 Å². The number of carbonyl (C=O) groups is 3. The van der Waals surface area contributed by atoms with Gasteiger partial charge in [-0.2, -0.15) is 0 Å². The van der Waals surface area contributed by atoms with Crippen LogP contribution in [0.1, 0.15) is 118 Å². The SMILES string of the molecule is CCCCCCCCCCCCC1C(=O)C(=O)N(C2CC(C)(C)N(C)C(C)(C)C2)C1=O. The smallest absolute Gasteiger partial charge is 0.296 e. The molecule has 2 heterocycles. The molecule has 2 aliphatic heterocycles. The van der Waals surface area contributed by atoms with Crippen molar-refractivity contribution < 1.29 is 14.4 Å². The van der Waals surface area contributed by atoms with E-state index >= 15 is 0 Å². The highest BCUT2D eigenvalue weighted by Gasteiger charge is 2.53. The summed E-state index contributed by atoms with van der Waals surface area (Å²) in [5.41, 5.74) is -0.269. The summed E-state index contributed by atoms with van der Waals surface area (Å²) in [5.74, 6) is -2.03. The van der Waals surface area contributed by atoms with Crippen LogP contribution in [0.2, 0.25) is 0 Å². The van der Waals surface area contributed by atoms with E-state index in [2.05, 4.69) is 46.6 Å². The van der Waals surface area contributed by atoms with Gasteiger partial charge in [0.15, 0.2) is 0 Å². The Hall–Kier alpha value is -1.23. The zero-order valence-electron chi connectivity index (χ0n) is 21.0. The molecular formula is C26H46N2O3. The molecule has 0 radical (unpaired) electrons. The van der Waals surface area contributed by atoms with Gasteiger partial charge in [-0.05, 0) is 54.0 Å². The van der Waals surface area contributed by atoms with Crippen LogP contribution in [0.15, 0.2) is 0 Å². The van der Waals surface area contributed by atoms with Gasteiger partial charge in [0.05, 0.1) is 0 Å². The van der Waals surface area contributed by atoms with Crippen LogP contribution in [0.3, 0.4) is 0 Å². The van der Waals surface area contributed by atoms with Crippen molar-refractivity contribution in [2.45, 2.75) is 135 Å². The predicted octanol–water partition coefficient (Wildman–Crippen LogP) is 5.50. The Morgan fingerprint density at radius 3 is 1.71 bits per heavy atom. The molecule has 1 unspecified atom stereocenters. The Morgan fingerprint density at radius 2 is 1.23 bits per heavy atom. The number of ketones is 1. The number of hydrogen-bond donors (Lipinski definition) is 0. The third-order valence-corrected chi connectivity index (χ3v) is 7.78. The maximum absolute atomic E-state index is 13.1. The molecule has 0 aliphatic carbocycles. The molecule has 0 aromatic heterocycles. The fraction of sp³-hybridized carbons (Fsp3) is 0.885. The normalized spacial score (nSPS) is 24.4. The third kappa shape index (κ3) is 6.40. The summed E-state index contributed by atoms with van der Waals surface area (Å²) in [5, 5.41) is 0. The number of unbranched alkanes of at least 4 members (excludes halogenated alkanes) is 9. The lowest BCUT2D eigenvalue weighted by Crippen LogP contribution is -2.63. The predicted molar refractivity (Wildman–Crippen MR) is 126 cm³/mol. The Kier molecular flexibility index (Phi) is 9.29. The van der Waals surface area contributed by atoms with E-state index in [0.717, 1.165) is 19.3 Å². The number of piperidine rings is 1. The summed E-state index contributed by atoms with van der Waals surface area (Å²) in [4.78, 5) is 42.1. The number of carbonyl (C=O) groups excluding carboxylic acids is 3. The van der Waals surface area contributed by atoms with E-state index in [1.54, 1.807) is 0 Å². The first-order valence-corrected chi connectivity index (χ1v) is 12.7. The van der Waals surface area contributed by atoms with E-state index in [-0.39, 0.29) is 23.0 Å². The summed E-state index contributed by atoms with van der Waals surface area (Å²) >= 11 is 0. The van der Waals surface area contributed by atoms with E-state index in [9.17, 15) is 14.4 Å². The number of imide groups is 1. The largest absolute Gasteiger partial charge is 0.297 e. The first-order chi connectivity index (χ1) is 14.5. The van der Waals surface area contributed by atoms with Crippen molar-refractivity contribution in [1.29, 1.82) is 0 Å². The first kappa shape index (κ1) is 26.0. The summed E-state index contributed by atoms with van der Waals surface area (Å²) in [6, 6.07) is -0.192. The molecule has 1 atom stereocenters. The third-order valence-electron chi connectivity index (χ3n) is 7.78. The van der Waals surface area contributed by atoms with E-state index in [1.807, 2.05) is 0 Å². The highest BCUT2D eigenvalue weighted by atomic mass is 16.2. The summed E-state index contributed by atoms with van der Waals surface area (Å²) in [7, 11) is 2.10. The Bertz CT molecular complexity index is 623. The van der Waals surface area contributed by atoms with Crippen molar-refractivity contribution in [1.82, 2.24) is 9.80 Å². The van der Waals surface area contributed by atoms with Gasteiger partial charge in [-0.1, -0.05) is 71.1 Å². The molecule has 5 heteroatoms. The average molecular weight is 435 g/mol. The summed E-state index contributed by atoms with van der Waals surface area (Å²) < 4.78 is 0. The Labute approximate surface area is 190 Å². The minimum absolute atomic E-state index is 0.134. The highest BCUT2D eigenvalue weighted by molar-refractivity contribution is 6.47. The summed E-state index contributed by atoms with van der Waals surface area (Å²) in [6.07, 6.45) is 14.1. The van der Waals surface area contributed by atoms with Gasteiger partial charge in [-0.25, -0.2) is 0 Å². The molecule has 2 saturated heterocycles. The van der Waals surface area contributed by atoms with Crippen LogP contribution in [0, 0.1) is 5.92 Å². The van der Waals surface area contributed by atoms with Crippen LogP contribution in [0.4, 0.5) is 0 Å². The van der Waals surface area contributed by atoms with Crippen LogP contribution in [-0.4, -0.2) is 51.6 Å². The second-order valence-electron chi connectivity index (χ2n) is 11.1. The van der Waals surface area contributed by atoms with Crippen molar-refractivity contribution >= 4 is 17.6 Å². The molecular weight excluding hydrogens is 388 g/mol. The van der Waals surface area contributed by atoms with Crippen LogP contribution >= 0.6 is 0 Å². The van der Waals surface area contributed by atoms with Gasteiger partial charge in [0.2, 0.25) is 11.7 Å². The van der Waals surface area contributed by atoms with Crippen molar-refractivity contribution in [3.05, 3.63) is 0 Å². The summed E-state index contributed by atoms with van der Waals surface area (Å²) in [6.45, 7) is 10.8. The van der Waals surface area contributed by atoms with E-state index in [0.29, 0.717) is 19.3 Å². The molecule has 0 aromatic carbocycles. The van der Waals surface area contributed by atoms with Gasteiger partial charge in [-0.15, -0.1) is 0 Å². The molecule has 2 rings (SSSR count). The minimum atomic E-state index is -0.743. The van der Waals surface area contributed by atoms with Crippen LogP contribution in [0.5, 0.6) is 0 Å². The molecule has 0 aromatic rings. The number of rotatable bonds is 12. The molecule has 178 valence electrons. The molecule has 0 N–H and O–H groups in total. The van der Waals surface area contributed by atoms with Gasteiger partial charge in [-0.3, -0.25) is 24.2 Å². The minimum Gasteiger partial charge on any atom is -0.296 e. The molecule has 0 spiro atoms. The lowest BCUT2D eigenvalue weighted by atomic mass is 9.77. The molecule has 5 nitrogen and oxygen atoms in total. The van der Waals surface area contributed by atoms with Gasteiger partial charge >= 0.3 is 0 Å². The number of likely N-dealkylation sites (tertiary alicyclic amines) is 2. The Balaban J connectivity index is 1.81. The molecule has 2 aliphatic rings. The van der Waals surface area contributed by atoms with Crippen molar-refractivity contribution in [2.24, 2.45) is 5.92 Å². The second-order valence-corrected chi connectivity index (χ2v) is 11.1. The fourth-order valence-corrected chi connectivity index (χ4v) is 5.59. The van der Waals surface area contributed by atoms with Gasteiger partial charge in [0, 0.05) is 17.1 Å². The number of amides is 2. The van der Waals surface area contributed by atoms with Crippen molar-refractivity contribution in [3.63, 3.8) is 0 Å². The standard InChI is InChI=1S/C26H46N2O3/c1-7-8-9-10-11-12-13-14-15-16-17-21-22(29)24(31)28(23(21)30)20-18-25(2,3)27(6)26(4,5)19-20/h20-21H,7-19H2,1-6H3. The fourth-order valence-electron chi connectivity index (χ4n) is 5.59. The zero-order chi connectivity index (χ0) is 23.2. The van der Waals surface area contributed by atoms with E-state index in [4.69, 9.17) is 0 Å². The molecule has 0 bridgehead atoms. The molecule has 2 amide bonds. The maximum Gasteiger partial charge on any atom is 0.297 e.